The van der Waals surface area contributed by atoms with E-state index in [4.69, 9.17) is 4.74 Å². The number of hydrogen-bond acceptors (Lipinski definition) is 4. The molecule has 0 spiro atoms. The number of imidazole rings is 1. The van der Waals surface area contributed by atoms with Crippen LogP contribution in [0.4, 0.5) is 0 Å². The standard InChI is InChI=1S/C18H19BrN2O3S/c1-4-7-24-18-10-14(5-6-15(18)19)25(22,23)21-11-20-16-8-12(2)13(3)9-17(16)21/h5-6,8-11H,4,7H2,1-3H3. The van der Waals surface area contributed by atoms with Crippen LogP contribution in [0.5, 0.6) is 5.75 Å². The summed E-state index contributed by atoms with van der Waals surface area (Å²) in [5.41, 5.74) is 3.33. The first kappa shape index (κ1) is 17.9. The minimum atomic E-state index is -3.76. The summed E-state index contributed by atoms with van der Waals surface area (Å²) in [6.45, 7) is 6.45. The Balaban J connectivity index is 2.12. The first-order chi connectivity index (χ1) is 11.8. The zero-order valence-electron chi connectivity index (χ0n) is 14.3. The van der Waals surface area contributed by atoms with E-state index in [9.17, 15) is 8.42 Å². The Morgan fingerprint density at radius 1 is 1.16 bits per heavy atom. The molecule has 7 heteroatoms. The maximum absolute atomic E-state index is 13.1. The fraction of sp³-hybridized carbons (Fsp3) is 0.278. The van der Waals surface area contributed by atoms with Gasteiger partial charge >= 0.3 is 0 Å². The van der Waals surface area contributed by atoms with Crippen LogP contribution in [0.3, 0.4) is 0 Å². The monoisotopic (exact) mass is 422 g/mol. The van der Waals surface area contributed by atoms with Crippen LogP contribution in [0.25, 0.3) is 11.0 Å². The Hall–Kier alpha value is -1.86. The summed E-state index contributed by atoms with van der Waals surface area (Å²) in [6.07, 6.45) is 2.20. The molecule has 0 unspecified atom stereocenters. The fourth-order valence-corrected chi connectivity index (χ4v) is 4.17. The molecule has 0 radical (unpaired) electrons. The molecule has 5 nitrogen and oxygen atoms in total. The van der Waals surface area contributed by atoms with Gasteiger partial charge < -0.3 is 4.74 Å². The Bertz CT molecular complexity index is 1040. The van der Waals surface area contributed by atoms with Crippen LogP contribution in [0.1, 0.15) is 24.5 Å². The van der Waals surface area contributed by atoms with Crippen molar-refractivity contribution in [3.63, 3.8) is 0 Å². The van der Waals surface area contributed by atoms with E-state index in [0.29, 0.717) is 23.4 Å². The lowest BCUT2D eigenvalue weighted by Gasteiger charge is -2.11. The average Bonchev–Trinajstić information content (AvgIpc) is 2.97. The van der Waals surface area contributed by atoms with Gasteiger partial charge in [0.2, 0.25) is 0 Å². The summed E-state index contributed by atoms with van der Waals surface area (Å²) in [7, 11) is -3.76. The van der Waals surface area contributed by atoms with Crippen LogP contribution in [0.15, 0.2) is 46.0 Å². The van der Waals surface area contributed by atoms with Crippen LogP contribution in [0, 0.1) is 13.8 Å². The lowest BCUT2D eigenvalue weighted by Crippen LogP contribution is -2.12. The number of aryl methyl sites for hydroxylation is 2. The van der Waals surface area contributed by atoms with Crippen molar-refractivity contribution in [3.05, 3.63) is 52.3 Å². The molecule has 132 valence electrons. The lowest BCUT2D eigenvalue weighted by molar-refractivity contribution is 0.314. The van der Waals surface area contributed by atoms with E-state index >= 15 is 0 Å². The SMILES string of the molecule is CCCOc1cc(S(=O)(=O)n2cnc3cc(C)c(C)cc32)ccc1Br. The predicted molar refractivity (Wildman–Crippen MR) is 102 cm³/mol. The van der Waals surface area contributed by atoms with Gasteiger partial charge in [-0.1, -0.05) is 6.92 Å². The van der Waals surface area contributed by atoms with Crippen molar-refractivity contribution in [2.45, 2.75) is 32.1 Å². The maximum atomic E-state index is 13.1. The molecule has 0 aliphatic rings. The van der Waals surface area contributed by atoms with Gasteiger partial charge in [0.25, 0.3) is 10.0 Å². The second-order valence-corrected chi connectivity index (χ2v) is 8.58. The highest BCUT2D eigenvalue weighted by atomic mass is 79.9. The molecular weight excluding hydrogens is 404 g/mol. The van der Waals surface area contributed by atoms with Gasteiger partial charge in [-0.25, -0.2) is 17.4 Å². The number of nitrogens with zero attached hydrogens (tertiary/aromatic N) is 2. The number of aromatic nitrogens is 2. The molecule has 0 fully saturated rings. The maximum Gasteiger partial charge on any atom is 0.269 e. The Kier molecular flexibility index (Phi) is 4.88. The van der Waals surface area contributed by atoms with Crippen molar-refractivity contribution >= 4 is 37.0 Å². The summed E-state index contributed by atoms with van der Waals surface area (Å²) in [5, 5.41) is 0. The van der Waals surface area contributed by atoms with Gasteiger partial charge in [0, 0.05) is 6.07 Å². The van der Waals surface area contributed by atoms with Gasteiger partial charge in [0.1, 0.15) is 12.1 Å². The Morgan fingerprint density at radius 2 is 1.88 bits per heavy atom. The van der Waals surface area contributed by atoms with Crippen molar-refractivity contribution in [1.82, 2.24) is 8.96 Å². The molecular formula is C18H19BrN2O3S. The number of benzene rings is 2. The van der Waals surface area contributed by atoms with E-state index in [1.165, 1.54) is 10.3 Å². The summed E-state index contributed by atoms with van der Waals surface area (Å²) in [5.74, 6) is 0.513. The summed E-state index contributed by atoms with van der Waals surface area (Å²) in [4.78, 5) is 4.41. The zero-order valence-corrected chi connectivity index (χ0v) is 16.7. The van der Waals surface area contributed by atoms with Gasteiger partial charge in [0.05, 0.1) is 27.0 Å². The minimum absolute atomic E-state index is 0.166. The molecule has 0 saturated carbocycles. The predicted octanol–water partition coefficient (Wildman–Crippen LogP) is 4.44. The molecule has 1 heterocycles. The van der Waals surface area contributed by atoms with Gasteiger partial charge in [0.15, 0.2) is 0 Å². The van der Waals surface area contributed by atoms with Crippen molar-refractivity contribution < 1.29 is 13.2 Å². The third-order valence-electron chi connectivity index (χ3n) is 4.05. The van der Waals surface area contributed by atoms with Crippen LogP contribution in [-0.4, -0.2) is 24.0 Å². The van der Waals surface area contributed by atoms with Gasteiger partial charge in [-0.3, -0.25) is 0 Å². The highest BCUT2D eigenvalue weighted by Gasteiger charge is 2.21. The second-order valence-electron chi connectivity index (χ2n) is 5.91. The van der Waals surface area contributed by atoms with E-state index < -0.39 is 10.0 Å². The second kappa shape index (κ2) is 6.80. The quantitative estimate of drug-likeness (QED) is 0.609. The van der Waals surface area contributed by atoms with E-state index in [1.54, 1.807) is 18.2 Å². The molecule has 1 aromatic heterocycles. The molecule has 3 rings (SSSR count). The minimum Gasteiger partial charge on any atom is -0.492 e. The number of ether oxygens (including phenoxy) is 1. The lowest BCUT2D eigenvalue weighted by atomic mass is 10.1. The summed E-state index contributed by atoms with van der Waals surface area (Å²) in [6, 6.07) is 8.54. The van der Waals surface area contributed by atoms with Crippen molar-refractivity contribution in [2.75, 3.05) is 6.61 Å². The topological polar surface area (TPSA) is 61.2 Å². The van der Waals surface area contributed by atoms with Crippen molar-refractivity contribution in [2.24, 2.45) is 0 Å². The molecule has 0 amide bonds. The highest BCUT2D eigenvalue weighted by Crippen LogP contribution is 2.30. The normalized spacial score (nSPS) is 11.8. The molecule has 0 aliphatic carbocycles. The molecule has 0 N–H and O–H groups in total. The fourth-order valence-electron chi connectivity index (χ4n) is 2.51. The van der Waals surface area contributed by atoms with Crippen LogP contribution in [0.2, 0.25) is 0 Å². The average molecular weight is 423 g/mol. The third-order valence-corrected chi connectivity index (χ3v) is 6.36. The van der Waals surface area contributed by atoms with E-state index in [-0.39, 0.29) is 4.90 Å². The molecule has 2 aromatic carbocycles. The smallest absolute Gasteiger partial charge is 0.269 e. The Morgan fingerprint density at radius 3 is 2.60 bits per heavy atom. The molecule has 0 bridgehead atoms. The van der Waals surface area contributed by atoms with Crippen LogP contribution >= 0.6 is 15.9 Å². The van der Waals surface area contributed by atoms with Gasteiger partial charge in [-0.2, -0.15) is 0 Å². The van der Waals surface area contributed by atoms with Crippen LogP contribution in [-0.2, 0) is 10.0 Å². The number of fused-ring (bicyclic) bond motifs is 1. The zero-order chi connectivity index (χ0) is 18.2. The molecule has 0 saturated heterocycles. The first-order valence-corrected chi connectivity index (χ1v) is 10.2. The van der Waals surface area contributed by atoms with Crippen molar-refractivity contribution in [1.29, 1.82) is 0 Å². The third kappa shape index (κ3) is 3.30. The first-order valence-electron chi connectivity index (χ1n) is 7.97. The van der Waals surface area contributed by atoms with Gasteiger partial charge in [-0.05, 0) is 71.6 Å². The molecule has 25 heavy (non-hydrogen) atoms. The number of halogens is 1. The summed E-state index contributed by atoms with van der Waals surface area (Å²) < 4.78 is 33.8. The molecule has 0 aliphatic heterocycles. The molecule has 0 atom stereocenters. The van der Waals surface area contributed by atoms with Crippen LogP contribution < -0.4 is 4.74 Å². The van der Waals surface area contributed by atoms with E-state index in [0.717, 1.165) is 22.0 Å². The molecule has 3 aromatic rings. The number of hydrogen-bond donors (Lipinski definition) is 0. The highest BCUT2D eigenvalue weighted by molar-refractivity contribution is 9.10. The van der Waals surface area contributed by atoms with Crippen molar-refractivity contribution in [3.8, 4) is 5.75 Å². The van der Waals surface area contributed by atoms with E-state index in [1.807, 2.05) is 32.9 Å². The van der Waals surface area contributed by atoms with E-state index in [2.05, 4.69) is 20.9 Å². The largest absolute Gasteiger partial charge is 0.492 e. The number of rotatable bonds is 5. The van der Waals surface area contributed by atoms with Gasteiger partial charge in [-0.15, -0.1) is 0 Å². The Labute approximate surface area is 155 Å². The summed E-state index contributed by atoms with van der Waals surface area (Å²) >= 11 is 3.39.